The molecule has 4 aromatic rings. The van der Waals surface area contributed by atoms with Crippen molar-refractivity contribution in [3.8, 4) is 0 Å². The van der Waals surface area contributed by atoms with Crippen LogP contribution in [0.2, 0.25) is 0 Å². The fourth-order valence-corrected chi connectivity index (χ4v) is 3.52. The van der Waals surface area contributed by atoms with Gasteiger partial charge in [-0.15, -0.1) is 11.3 Å². The van der Waals surface area contributed by atoms with E-state index in [1.807, 2.05) is 36.4 Å². The molecule has 2 aromatic heterocycles. The van der Waals surface area contributed by atoms with Gasteiger partial charge in [-0.2, -0.15) is 5.10 Å². The molecule has 26 heavy (non-hydrogen) atoms. The normalized spacial score (nSPS) is 15.6. The third kappa shape index (κ3) is 2.62. The van der Waals surface area contributed by atoms with Crippen LogP contribution in [-0.2, 0) is 4.79 Å². The van der Waals surface area contributed by atoms with Crippen LogP contribution in [0.25, 0.3) is 27.2 Å². The molecule has 0 spiro atoms. The topological polar surface area (TPSA) is 95.1 Å². The van der Waals surface area contributed by atoms with E-state index in [1.54, 1.807) is 29.1 Å². The number of aliphatic imine (C=N–C) groups is 1. The summed E-state index contributed by atoms with van der Waals surface area (Å²) >= 11 is 1.57. The lowest BCUT2D eigenvalue weighted by molar-refractivity contribution is -0.115. The maximum Gasteiger partial charge on any atom is 0.276 e. The van der Waals surface area contributed by atoms with Gasteiger partial charge in [0.1, 0.15) is 5.70 Å². The highest BCUT2D eigenvalue weighted by atomic mass is 32.1. The van der Waals surface area contributed by atoms with E-state index in [-0.39, 0.29) is 5.91 Å². The summed E-state index contributed by atoms with van der Waals surface area (Å²) in [6.45, 7) is 0. The molecule has 0 fully saturated rings. The van der Waals surface area contributed by atoms with Crippen LogP contribution in [0.15, 0.2) is 58.8 Å². The van der Waals surface area contributed by atoms with Crippen LogP contribution in [0.1, 0.15) is 5.56 Å². The van der Waals surface area contributed by atoms with Gasteiger partial charge in [0.2, 0.25) is 5.96 Å². The Morgan fingerprint density at radius 1 is 1.15 bits per heavy atom. The first-order valence-corrected chi connectivity index (χ1v) is 8.78. The molecule has 126 valence electrons. The molecule has 1 amide bonds. The van der Waals surface area contributed by atoms with Gasteiger partial charge < -0.3 is 5.32 Å². The van der Waals surface area contributed by atoms with Crippen molar-refractivity contribution in [1.29, 1.82) is 0 Å². The molecule has 3 heterocycles. The smallest absolute Gasteiger partial charge is 0.276 e. The van der Waals surface area contributed by atoms with Crippen molar-refractivity contribution in [2.75, 3.05) is 5.32 Å². The summed E-state index contributed by atoms with van der Waals surface area (Å²) in [7, 11) is 0. The van der Waals surface area contributed by atoms with Gasteiger partial charge in [-0.3, -0.25) is 15.2 Å². The minimum absolute atomic E-state index is 0.240. The Balaban J connectivity index is 1.42. The van der Waals surface area contributed by atoms with Crippen LogP contribution < -0.4 is 10.6 Å². The number of anilines is 1. The molecule has 7 nitrogen and oxygen atoms in total. The van der Waals surface area contributed by atoms with Crippen molar-refractivity contribution in [3.05, 3.63) is 59.4 Å². The number of guanidine groups is 1. The van der Waals surface area contributed by atoms with Gasteiger partial charge in [-0.25, -0.2) is 9.98 Å². The van der Waals surface area contributed by atoms with E-state index >= 15 is 0 Å². The van der Waals surface area contributed by atoms with Gasteiger partial charge in [-0.1, -0.05) is 12.1 Å². The number of aromatic nitrogens is 3. The molecule has 0 atom stereocenters. The van der Waals surface area contributed by atoms with Crippen molar-refractivity contribution < 1.29 is 4.79 Å². The quantitative estimate of drug-likeness (QED) is 0.479. The van der Waals surface area contributed by atoms with Crippen molar-refractivity contribution >= 4 is 56.1 Å². The Morgan fingerprint density at radius 3 is 3.08 bits per heavy atom. The van der Waals surface area contributed by atoms with Crippen LogP contribution >= 0.6 is 11.3 Å². The van der Waals surface area contributed by atoms with Crippen LogP contribution in [-0.4, -0.2) is 27.0 Å². The largest absolute Gasteiger partial charge is 0.326 e. The summed E-state index contributed by atoms with van der Waals surface area (Å²) < 4.78 is 1.07. The first-order chi connectivity index (χ1) is 12.7. The first kappa shape index (κ1) is 14.8. The number of carbonyl (C=O) groups is 1. The molecule has 0 saturated heterocycles. The SMILES string of the molecule is O=C1NC(Nc2ccc3ncsc3c2)=N/C1=C\c1ccc2cn[nH]c2c1. The third-order valence-electron chi connectivity index (χ3n) is 4.06. The lowest BCUT2D eigenvalue weighted by atomic mass is 10.1. The minimum atomic E-state index is -0.240. The van der Waals surface area contributed by atoms with Gasteiger partial charge in [0, 0.05) is 11.1 Å². The second kappa shape index (κ2) is 5.78. The van der Waals surface area contributed by atoms with E-state index in [2.05, 4.69) is 30.8 Å². The van der Waals surface area contributed by atoms with Crippen molar-refractivity contribution in [2.45, 2.75) is 0 Å². The van der Waals surface area contributed by atoms with E-state index in [9.17, 15) is 4.79 Å². The number of amides is 1. The summed E-state index contributed by atoms with van der Waals surface area (Å²) in [6.07, 6.45) is 3.51. The van der Waals surface area contributed by atoms with Gasteiger partial charge in [0.25, 0.3) is 5.91 Å². The number of benzene rings is 2. The third-order valence-corrected chi connectivity index (χ3v) is 4.85. The predicted octanol–water partition coefficient (Wildman–Crippen LogP) is 3.11. The van der Waals surface area contributed by atoms with Gasteiger partial charge in [-0.05, 0) is 35.9 Å². The number of carbonyl (C=O) groups excluding carboxylic acids is 1. The van der Waals surface area contributed by atoms with Gasteiger partial charge in [0.05, 0.1) is 27.4 Å². The molecule has 0 saturated carbocycles. The van der Waals surface area contributed by atoms with E-state index < -0.39 is 0 Å². The summed E-state index contributed by atoms with van der Waals surface area (Å²) in [4.78, 5) is 20.8. The van der Waals surface area contributed by atoms with Crippen LogP contribution in [0.4, 0.5) is 5.69 Å². The summed E-state index contributed by atoms with van der Waals surface area (Å²) in [5.74, 6) is 0.170. The zero-order valence-corrected chi connectivity index (χ0v) is 14.2. The Hall–Kier alpha value is -3.52. The number of rotatable bonds is 2. The summed E-state index contributed by atoms with van der Waals surface area (Å²) in [5.41, 5.74) is 5.75. The molecule has 0 bridgehead atoms. The Kier molecular flexibility index (Phi) is 3.29. The molecule has 3 N–H and O–H groups in total. The summed E-state index contributed by atoms with van der Waals surface area (Å²) in [5, 5.41) is 13.8. The molecule has 0 aliphatic carbocycles. The predicted molar refractivity (Wildman–Crippen MR) is 103 cm³/mol. The van der Waals surface area contributed by atoms with E-state index in [4.69, 9.17) is 0 Å². The van der Waals surface area contributed by atoms with Crippen molar-refractivity contribution in [2.24, 2.45) is 4.99 Å². The van der Waals surface area contributed by atoms with E-state index in [0.29, 0.717) is 11.7 Å². The first-order valence-electron chi connectivity index (χ1n) is 7.90. The number of hydrogen-bond acceptors (Lipinski definition) is 6. The van der Waals surface area contributed by atoms with Crippen LogP contribution in [0.3, 0.4) is 0 Å². The molecule has 0 unspecified atom stereocenters. The Labute approximate surface area is 151 Å². The average Bonchev–Trinajstić information content (AvgIpc) is 3.35. The molecule has 1 aliphatic heterocycles. The molecule has 2 aromatic carbocycles. The second-order valence-electron chi connectivity index (χ2n) is 5.82. The van der Waals surface area contributed by atoms with E-state index in [1.165, 1.54) is 0 Å². The number of nitrogens with one attached hydrogen (secondary N) is 3. The lowest BCUT2D eigenvalue weighted by Gasteiger charge is -2.04. The number of fused-ring (bicyclic) bond motifs is 2. The Bertz CT molecular complexity index is 1220. The number of hydrogen-bond donors (Lipinski definition) is 3. The lowest BCUT2D eigenvalue weighted by Crippen LogP contribution is -2.29. The monoisotopic (exact) mass is 360 g/mol. The molecule has 8 heteroatoms. The average molecular weight is 360 g/mol. The van der Waals surface area contributed by atoms with Gasteiger partial charge >= 0.3 is 0 Å². The molecular formula is C18H12N6OS. The number of thiazole rings is 1. The Morgan fingerprint density at radius 2 is 2.12 bits per heavy atom. The standard InChI is InChI=1S/C18H12N6OS/c25-17-15(6-10-1-2-11-8-20-24-14(11)5-10)22-18(23-17)21-12-3-4-13-16(7-12)26-9-19-13/h1-9H,(H,20,24)(H2,21,22,23,25)/b15-6-. The fourth-order valence-electron chi connectivity index (χ4n) is 2.80. The van der Waals surface area contributed by atoms with E-state index in [0.717, 1.165) is 32.4 Å². The highest BCUT2D eigenvalue weighted by molar-refractivity contribution is 7.16. The highest BCUT2D eigenvalue weighted by Crippen LogP contribution is 2.22. The molecule has 5 rings (SSSR count). The molecule has 1 aliphatic rings. The van der Waals surface area contributed by atoms with Crippen molar-refractivity contribution in [3.63, 3.8) is 0 Å². The van der Waals surface area contributed by atoms with Crippen LogP contribution in [0, 0.1) is 0 Å². The van der Waals surface area contributed by atoms with Crippen molar-refractivity contribution in [1.82, 2.24) is 20.5 Å². The molecular weight excluding hydrogens is 348 g/mol. The zero-order valence-electron chi connectivity index (χ0n) is 13.4. The molecule has 0 radical (unpaired) electrons. The van der Waals surface area contributed by atoms with Crippen LogP contribution in [0.5, 0.6) is 0 Å². The fraction of sp³-hybridized carbons (Fsp3) is 0. The zero-order chi connectivity index (χ0) is 17.5. The maximum atomic E-state index is 12.2. The minimum Gasteiger partial charge on any atom is -0.326 e. The second-order valence-corrected chi connectivity index (χ2v) is 6.71. The highest BCUT2D eigenvalue weighted by Gasteiger charge is 2.20. The number of H-pyrrole nitrogens is 1. The number of nitrogens with zero attached hydrogens (tertiary/aromatic N) is 3. The number of aromatic amines is 1. The van der Waals surface area contributed by atoms with Gasteiger partial charge in [0.15, 0.2) is 0 Å². The summed E-state index contributed by atoms with van der Waals surface area (Å²) in [6, 6.07) is 11.6. The maximum absolute atomic E-state index is 12.2.